The van der Waals surface area contributed by atoms with Crippen LogP contribution in [0.1, 0.15) is 30.6 Å². The molecular formula is C13H15BrO4. The third-order valence-electron chi connectivity index (χ3n) is 2.18. The fourth-order valence-corrected chi connectivity index (χ4v) is 1.94. The molecule has 0 aliphatic heterocycles. The van der Waals surface area contributed by atoms with Crippen molar-refractivity contribution in [3.63, 3.8) is 0 Å². The molecule has 0 atom stereocenters. The summed E-state index contributed by atoms with van der Waals surface area (Å²) in [6, 6.07) is 3.10. The first-order chi connectivity index (χ1) is 8.47. The Balaban J connectivity index is 3.00. The number of carbonyl (C=O) groups excluding carboxylic acids is 2. The van der Waals surface area contributed by atoms with E-state index >= 15 is 0 Å². The quantitative estimate of drug-likeness (QED) is 0.475. The minimum atomic E-state index is -0.331. The van der Waals surface area contributed by atoms with Gasteiger partial charge in [-0.05, 0) is 34.0 Å². The summed E-state index contributed by atoms with van der Waals surface area (Å²) in [6.07, 6.45) is 1.03. The van der Waals surface area contributed by atoms with Crippen LogP contribution < -0.4 is 9.47 Å². The molecule has 0 aliphatic rings. The van der Waals surface area contributed by atoms with E-state index in [1.54, 1.807) is 6.07 Å². The molecule has 0 radical (unpaired) electrons. The molecule has 0 saturated carbocycles. The number of hydrogen-bond acceptors (Lipinski definition) is 4. The highest BCUT2D eigenvalue weighted by Crippen LogP contribution is 2.36. The largest absolute Gasteiger partial charge is 0.493 e. The molecule has 1 aromatic carbocycles. The van der Waals surface area contributed by atoms with Gasteiger partial charge in [0.2, 0.25) is 0 Å². The van der Waals surface area contributed by atoms with Gasteiger partial charge in [0.1, 0.15) is 6.29 Å². The molecule has 0 heterocycles. The minimum Gasteiger partial charge on any atom is -0.493 e. The third-order valence-corrected chi connectivity index (χ3v) is 2.77. The zero-order valence-electron chi connectivity index (χ0n) is 10.5. The van der Waals surface area contributed by atoms with Crippen molar-refractivity contribution < 1.29 is 19.1 Å². The minimum absolute atomic E-state index is 0.219. The molecule has 0 amide bonds. The second-order valence-electron chi connectivity index (χ2n) is 4.22. The molecule has 0 fully saturated rings. The topological polar surface area (TPSA) is 52.6 Å². The van der Waals surface area contributed by atoms with E-state index in [0.717, 1.165) is 0 Å². The number of ether oxygens (including phenoxy) is 2. The zero-order chi connectivity index (χ0) is 13.7. The molecule has 4 nitrogen and oxygen atoms in total. The summed E-state index contributed by atoms with van der Waals surface area (Å²) in [6.45, 7) is 3.87. The highest BCUT2D eigenvalue weighted by atomic mass is 79.9. The third kappa shape index (κ3) is 3.84. The molecule has 0 N–H and O–H groups in total. The molecule has 0 saturated heterocycles. The van der Waals surface area contributed by atoms with Gasteiger partial charge in [0.25, 0.3) is 0 Å². The van der Waals surface area contributed by atoms with Crippen molar-refractivity contribution in [2.75, 3.05) is 7.11 Å². The molecular weight excluding hydrogens is 300 g/mol. The second kappa shape index (κ2) is 6.54. The Hall–Kier alpha value is -1.36. The van der Waals surface area contributed by atoms with Crippen LogP contribution in [-0.4, -0.2) is 19.4 Å². The SMILES string of the molecule is COc1cc(C=O)cc(Br)c1OC(=O)CC(C)C. The summed E-state index contributed by atoms with van der Waals surface area (Å²) in [5.41, 5.74) is 0.447. The van der Waals surface area contributed by atoms with Crippen molar-refractivity contribution in [2.45, 2.75) is 20.3 Å². The van der Waals surface area contributed by atoms with Crippen molar-refractivity contribution in [2.24, 2.45) is 5.92 Å². The van der Waals surface area contributed by atoms with Crippen molar-refractivity contribution in [1.82, 2.24) is 0 Å². The summed E-state index contributed by atoms with van der Waals surface area (Å²) in [5.74, 6) is 0.539. The van der Waals surface area contributed by atoms with Crippen LogP contribution in [0.3, 0.4) is 0 Å². The lowest BCUT2D eigenvalue weighted by molar-refractivity contribution is -0.135. The van der Waals surface area contributed by atoms with Crippen LogP contribution >= 0.6 is 15.9 Å². The fraction of sp³-hybridized carbons (Fsp3) is 0.385. The first-order valence-electron chi connectivity index (χ1n) is 5.51. The molecule has 1 rings (SSSR count). The number of esters is 1. The number of carbonyl (C=O) groups is 2. The van der Waals surface area contributed by atoms with E-state index in [9.17, 15) is 9.59 Å². The first kappa shape index (κ1) is 14.7. The van der Waals surface area contributed by atoms with Gasteiger partial charge in [-0.25, -0.2) is 0 Å². The lowest BCUT2D eigenvalue weighted by Gasteiger charge is -2.12. The Labute approximate surface area is 114 Å². The first-order valence-corrected chi connectivity index (χ1v) is 6.30. The van der Waals surface area contributed by atoms with Gasteiger partial charge in [0.05, 0.1) is 11.6 Å². The van der Waals surface area contributed by atoms with Gasteiger partial charge in [0, 0.05) is 12.0 Å². The summed E-state index contributed by atoms with van der Waals surface area (Å²) in [7, 11) is 1.45. The molecule has 0 aromatic heterocycles. The van der Waals surface area contributed by atoms with E-state index < -0.39 is 0 Å². The lowest BCUT2D eigenvalue weighted by atomic mass is 10.1. The molecule has 98 valence electrons. The smallest absolute Gasteiger partial charge is 0.311 e. The van der Waals surface area contributed by atoms with Crippen LogP contribution in [0.4, 0.5) is 0 Å². The molecule has 5 heteroatoms. The zero-order valence-corrected chi connectivity index (χ0v) is 12.1. The van der Waals surface area contributed by atoms with Crippen molar-refractivity contribution in [3.05, 3.63) is 22.2 Å². The number of halogens is 1. The van der Waals surface area contributed by atoms with E-state index in [0.29, 0.717) is 34.2 Å². The predicted octanol–water partition coefficient (Wildman–Crippen LogP) is 3.22. The van der Waals surface area contributed by atoms with E-state index in [2.05, 4.69) is 15.9 Å². The Morgan fingerprint density at radius 2 is 2.11 bits per heavy atom. The second-order valence-corrected chi connectivity index (χ2v) is 5.08. The van der Waals surface area contributed by atoms with Crippen LogP contribution in [0.25, 0.3) is 0 Å². The van der Waals surface area contributed by atoms with Crippen LogP contribution in [0, 0.1) is 5.92 Å². The highest BCUT2D eigenvalue weighted by molar-refractivity contribution is 9.10. The number of benzene rings is 1. The van der Waals surface area contributed by atoms with Gasteiger partial charge in [0.15, 0.2) is 11.5 Å². The van der Waals surface area contributed by atoms with E-state index in [-0.39, 0.29) is 11.9 Å². The highest BCUT2D eigenvalue weighted by Gasteiger charge is 2.16. The summed E-state index contributed by atoms with van der Waals surface area (Å²) in [4.78, 5) is 22.4. The average Bonchev–Trinajstić information content (AvgIpc) is 2.30. The van der Waals surface area contributed by atoms with Gasteiger partial charge in [-0.3, -0.25) is 9.59 Å². The van der Waals surface area contributed by atoms with E-state index in [4.69, 9.17) is 9.47 Å². The predicted molar refractivity (Wildman–Crippen MR) is 71.2 cm³/mol. The molecule has 0 bridgehead atoms. The standard InChI is InChI=1S/C13H15BrO4/c1-8(2)4-12(16)18-13-10(14)5-9(7-15)6-11(13)17-3/h5-8H,4H2,1-3H3. The monoisotopic (exact) mass is 314 g/mol. The molecule has 0 unspecified atom stereocenters. The van der Waals surface area contributed by atoms with E-state index in [1.165, 1.54) is 13.2 Å². The number of aldehydes is 1. The van der Waals surface area contributed by atoms with Crippen LogP contribution in [-0.2, 0) is 4.79 Å². The Morgan fingerprint density at radius 1 is 1.44 bits per heavy atom. The van der Waals surface area contributed by atoms with Gasteiger partial charge < -0.3 is 9.47 Å². The molecule has 1 aromatic rings. The molecule has 0 spiro atoms. The Bertz CT molecular complexity index is 455. The number of rotatable bonds is 5. The number of hydrogen-bond donors (Lipinski definition) is 0. The van der Waals surface area contributed by atoms with Crippen molar-refractivity contribution in [3.8, 4) is 11.5 Å². The average molecular weight is 315 g/mol. The number of methoxy groups -OCH3 is 1. The van der Waals surface area contributed by atoms with Crippen molar-refractivity contribution >= 4 is 28.2 Å². The summed E-state index contributed by atoms with van der Waals surface area (Å²) < 4.78 is 10.9. The maximum absolute atomic E-state index is 11.6. The van der Waals surface area contributed by atoms with Gasteiger partial charge in [-0.1, -0.05) is 13.8 Å². The van der Waals surface area contributed by atoms with Crippen LogP contribution in [0.15, 0.2) is 16.6 Å². The maximum atomic E-state index is 11.6. The lowest BCUT2D eigenvalue weighted by Crippen LogP contribution is -2.12. The fourth-order valence-electron chi connectivity index (χ4n) is 1.40. The van der Waals surface area contributed by atoms with E-state index in [1.807, 2.05) is 13.8 Å². The van der Waals surface area contributed by atoms with Crippen molar-refractivity contribution in [1.29, 1.82) is 0 Å². The molecule has 18 heavy (non-hydrogen) atoms. The van der Waals surface area contributed by atoms with Gasteiger partial charge in [-0.15, -0.1) is 0 Å². The van der Waals surface area contributed by atoms with Gasteiger partial charge >= 0.3 is 5.97 Å². The normalized spacial score (nSPS) is 10.3. The maximum Gasteiger partial charge on any atom is 0.311 e. The van der Waals surface area contributed by atoms with Gasteiger partial charge in [-0.2, -0.15) is 0 Å². The summed E-state index contributed by atoms with van der Waals surface area (Å²) in [5, 5.41) is 0. The van der Waals surface area contributed by atoms with Crippen LogP contribution in [0.5, 0.6) is 11.5 Å². The Kier molecular flexibility index (Phi) is 5.34. The Morgan fingerprint density at radius 3 is 2.61 bits per heavy atom. The van der Waals surface area contributed by atoms with Crippen LogP contribution in [0.2, 0.25) is 0 Å². The summed E-state index contributed by atoms with van der Waals surface area (Å²) >= 11 is 3.26. The molecule has 0 aliphatic carbocycles.